The lowest BCUT2D eigenvalue weighted by Crippen LogP contribution is -2.24. The zero-order chi connectivity index (χ0) is 15.2. The van der Waals surface area contributed by atoms with Gasteiger partial charge in [0.15, 0.2) is 0 Å². The fourth-order valence-corrected chi connectivity index (χ4v) is 2.66. The summed E-state index contributed by atoms with van der Waals surface area (Å²) in [5, 5.41) is 9.77. The molecule has 3 atom stereocenters. The Hall–Kier alpha value is -0.120. The molecule has 0 saturated carbocycles. The van der Waals surface area contributed by atoms with Gasteiger partial charge in [0, 0.05) is 7.11 Å². The summed E-state index contributed by atoms with van der Waals surface area (Å²) >= 11 is 0. The predicted molar refractivity (Wildman–Crippen MR) is 91.7 cm³/mol. The highest BCUT2D eigenvalue weighted by atomic mass is 16.5. The molecule has 0 amide bonds. The smallest absolute Gasteiger partial charge is 0.0802 e. The molecule has 0 bridgehead atoms. The van der Waals surface area contributed by atoms with Gasteiger partial charge >= 0.3 is 0 Å². The van der Waals surface area contributed by atoms with Crippen molar-refractivity contribution >= 4 is 0 Å². The van der Waals surface area contributed by atoms with Crippen molar-refractivity contribution in [1.29, 1.82) is 0 Å². The van der Waals surface area contributed by atoms with Crippen molar-refractivity contribution in [3.8, 4) is 0 Å². The van der Waals surface area contributed by atoms with Crippen molar-refractivity contribution in [2.24, 2.45) is 5.92 Å². The normalized spacial score (nSPS) is 15.3. The summed E-state index contributed by atoms with van der Waals surface area (Å²) in [6.07, 6.45) is 13.9. The number of hydrogen-bond donors (Lipinski definition) is 1. The molecule has 0 aliphatic rings. The summed E-state index contributed by atoms with van der Waals surface area (Å²) in [6, 6.07) is 0. The van der Waals surface area contributed by atoms with Crippen molar-refractivity contribution in [3.63, 3.8) is 0 Å². The second-order valence-electron chi connectivity index (χ2n) is 6.45. The number of ether oxygens (including phenoxy) is 1. The average molecular weight is 305 g/mol. The van der Waals surface area contributed by atoms with Crippen molar-refractivity contribution in [2.75, 3.05) is 7.11 Å². The third-order valence-corrected chi connectivity index (χ3v) is 4.41. The number of methoxy groups -OCH3 is 1. The molecule has 0 spiro atoms. The molecular weight excluding hydrogens is 264 g/mol. The largest absolute Gasteiger partial charge is 0.412 e. The van der Waals surface area contributed by atoms with Crippen LogP contribution in [0.2, 0.25) is 0 Å². The maximum absolute atomic E-state index is 9.77. The van der Waals surface area contributed by atoms with Gasteiger partial charge < -0.3 is 15.3 Å². The number of aliphatic hydroxyl groups excluding tert-OH is 1. The molecule has 0 fully saturated rings. The van der Waals surface area contributed by atoms with Crippen LogP contribution in [0.4, 0.5) is 0 Å². The fourth-order valence-electron chi connectivity index (χ4n) is 2.66. The molecule has 3 N–H and O–H groups in total. The lowest BCUT2D eigenvalue weighted by molar-refractivity contribution is -0.00532. The summed E-state index contributed by atoms with van der Waals surface area (Å²) < 4.78 is 5.12. The first-order valence-corrected chi connectivity index (χ1v) is 8.82. The first-order valence-electron chi connectivity index (χ1n) is 8.82. The Bertz CT molecular complexity index is 197. The summed E-state index contributed by atoms with van der Waals surface area (Å²) in [5.41, 5.74) is 0. The van der Waals surface area contributed by atoms with E-state index in [1.54, 1.807) is 7.11 Å². The highest BCUT2D eigenvalue weighted by Crippen LogP contribution is 2.18. The van der Waals surface area contributed by atoms with Gasteiger partial charge in [0.25, 0.3) is 0 Å². The van der Waals surface area contributed by atoms with Gasteiger partial charge in [0.1, 0.15) is 0 Å². The highest BCUT2D eigenvalue weighted by molar-refractivity contribution is 4.63. The van der Waals surface area contributed by atoms with Crippen molar-refractivity contribution in [2.45, 2.75) is 104 Å². The number of hydrogen-bond acceptors (Lipinski definition) is 2. The molecule has 0 aromatic heterocycles. The third kappa shape index (κ3) is 14.6. The summed E-state index contributed by atoms with van der Waals surface area (Å²) in [6.45, 7) is 6.61. The zero-order valence-corrected chi connectivity index (χ0v) is 14.9. The van der Waals surface area contributed by atoms with Crippen molar-refractivity contribution in [3.05, 3.63) is 0 Å². The molecule has 0 aliphatic carbocycles. The van der Waals surface area contributed by atoms with Gasteiger partial charge in [0.2, 0.25) is 0 Å². The standard InChI is InChI=1S/C18H38O2.H2O/c1-5-6-10-13-16(2)14-11-8-7-9-12-15-18(19)17(3)20-4;/h16-19H,5-15H2,1-4H3;1H2. The van der Waals surface area contributed by atoms with Gasteiger partial charge in [-0.05, 0) is 19.3 Å². The van der Waals surface area contributed by atoms with Crippen LogP contribution >= 0.6 is 0 Å². The van der Waals surface area contributed by atoms with Crippen LogP contribution in [0.5, 0.6) is 0 Å². The minimum Gasteiger partial charge on any atom is -0.412 e. The van der Waals surface area contributed by atoms with Crippen LogP contribution in [0, 0.1) is 5.92 Å². The van der Waals surface area contributed by atoms with E-state index < -0.39 is 0 Å². The molecule has 3 nitrogen and oxygen atoms in total. The Balaban J connectivity index is 0. The minimum atomic E-state index is -0.293. The minimum absolute atomic E-state index is 0. The van der Waals surface area contributed by atoms with E-state index in [-0.39, 0.29) is 17.7 Å². The Morgan fingerprint density at radius 1 is 0.810 bits per heavy atom. The van der Waals surface area contributed by atoms with Crippen LogP contribution in [-0.2, 0) is 4.74 Å². The molecule has 130 valence electrons. The number of unbranched alkanes of at least 4 members (excludes halogenated alkanes) is 6. The van der Waals surface area contributed by atoms with Crippen LogP contribution < -0.4 is 0 Å². The molecule has 0 heterocycles. The lowest BCUT2D eigenvalue weighted by Gasteiger charge is -2.16. The van der Waals surface area contributed by atoms with E-state index in [1.807, 2.05) is 6.92 Å². The monoisotopic (exact) mass is 304 g/mol. The molecule has 21 heavy (non-hydrogen) atoms. The Labute approximate surface area is 132 Å². The first kappa shape index (κ1) is 23.2. The lowest BCUT2D eigenvalue weighted by atomic mass is 9.96. The summed E-state index contributed by atoms with van der Waals surface area (Å²) in [7, 11) is 1.66. The van der Waals surface area contributed by atoms with E-state index in [0.29, 0.717) is 0 Å². The molecule has 0 aromatic carbocycles. The van der Waals surface area contributed by atoms with Crippen LogP contribution in [0.1, 0.15) is 91.4 Å². The topological polar surface area (TPSA) is 61.0 Å². The van der Waals surface area contributed by atoms with Crippen LogP contribution in [0.15, 0.2) is 0 Å². The highest BCUT2D eigenvalue weighted by Gasteiger charge is 2.12. The zero-order valence-electron chi connectivity index (χ0n) is 14.9. The summed E-state index contributed by atoms with van der Waals surface area (Å²) in [4.78, 5) is 0. The van der Waals surface area contributed by atoms with Gasteiger partial charge in [-0.15, -0.1) is 0 Å². The maximum atomic E-state index is 9.77. The van der Waals surface area contributed by atoms with Gasteiger partial charge in [-0.3, -0.25) is 0 Å². The maximum Gasteiger partial charge on any atom is 0.0802 e. The molecule has 3 unspecified atom stereocenters. The third-order valence-electron chi connectivity index (χ3n) is 4.41. The van der Waals surface area contributed by atoms with Gasteiger partial charge in [-0.25, -0.2) is 0 Å². The molecule has 0 aliphatic heterocycles. The van der Waals surface area contributed by atoms with E-state index in [1.165, 1.54) is 57.8 Å². The quantitative estimate of drug-likeness (QED) is 0.480. The second-order valence-corrected chi connectivity index (χ2v) is 6.45. The molecular formula is C18H40O3. The van der Waals surface area contributed by atoms with E-state index in [2.05, 4.69) is 13.8 Å². The second kappa shape index (κ2) is 16.3. The van der Waals surface area contributed by atoms with Gasteiger partial charge in [-0.1, -0.05) is 78.1 Å². The van der Waals surface area contributed by atoms with Gasteiger partial charge in [0.05, 0.1) is 12.2 Å². The van der Waals surface area contributed by atoms with Crippen LogP contribution in [0.25, 0.3) is 0 Å². The molecule has 0 saturated heterocycles. The van der Waals surface area contributed by atoms with Gasteiger partial charge in [-0.2, -0.15) is 0 Å². The molecule has 0 radical (unpaired) electrons. The summed E-state index contributed by atoms with van der Waals surface area (Å²) in [5.74, 6) is 0.908. The predicted octanol–water partition coefficient (Wildman–Crippen LogP) is 4.50. The van der Waals surface area contributed by atoms with E-state index >= 15 is 0 Å². The Kier molecular flexibility index (Phi) is 17.9. The average Bonchev–Trinajstić information content (AvgIpc) is 2.45. The van der Waals surface area contributed by atoms with Crippen LogP contribution in [0.3, 0.4) is 0 Å². The Morgan fingerprint density at radius 2 is 1.29 bits per heavy atom. The molecule has 0 rings (SSSR count). The fraction of sp³-hybridized carbons (Fsp3) is 1.00. The molecule has 0 aromatic rings. The Morgan fingerprint density at radius 3 is 1.81 bits per heavy atom. The molecule has 3 heteroatoms. The van der Waals surface area contributed by atoms with E-state index in [0.717, 1.165) is 18.8 Å². The number of aliphatic hydroxyl groups is 1. The van der Waals surface area contributed by atoms with E-state index in [9.17, 15) is 5.11 Å². The SMILES string of the molecule is CCCCCC(C)CCCCCCCC(O)C(C)OC.O. The van der Waals surface area contributed by atoms with Crippen molar-refractivity contribution < 1.29 is 15.3 Å². The van der Waals surface area contributed by atoms with Crippen LogP contribution in [-0.4, -0.2) is 29.9 Å². The van der Waals surface area contributed by atoms with E-state index in [4.69, 9.17) is 4.74 Å². The van der Waals surface area contributed by atoms with Crippen molar-refractivity contribution in [1.82, 2.24) is 0 Å². The first-order chi connectivity index (χ1) is 9.61. The number of rotatable bonds is 14.